The molecule has 3 aliphatic rings. The number of benzene rings is 1. The summed E-state index contributed by atoms with van der Waals surface area (Å²) in [6.45, 7) is 2.19. The lowest BCUT2D eigenvalue weighted by Crippen LogP contribution is -2.34. The molecule has 1 aromatic carbocycles. The van der Waals surface area contributed by atoms with E-state index in [4.69, 9.17) is 0 Å². The summed E-state index contributed by atoms with van der Waals surface area (Å²) in [4.78, 5) is 27.2. The summed E-state index contributed by atoms with van der Waals surface area (Å²) in [5.74, 6) is 0.826. The first kappa shape index (κ1) is 13.7. The third-order valence-electron chi connectivity index (χ3n) is 5.68. The molecule has 2 fully saturated rings. The first-order valence-electron chi connectivity index (χ1n) is 8.35. The van der Waals surface area contributed by atoms with Gasteiger partial charge in [0.05, 0.1) is 17.5 Å². The van der Waals surface area contributed by atoms with Crippen molar-refractivity contribution < 1.29 is 9.59 Å². The molecule has 22 heavy (non-hydrogen) atoms. The highest BCUT2D eigenvalue weighted by Crippen LogP contribution is 2.57. The summed E-state index contributed by atoms with van der Waals surface area (Å²) in [6, 6.07) is 9.35. The standard InChI is InChI=1S/C19H21NO2/c1-2-3-9-13-14-10-11-15(13)17-16(14)18(21)20(19(17)22)12-7-5-4-6-8-12/h4-8,10-11,13-17H,2-3,9H2,1H3/t13?,14-,15+,16-,17+. The van der Waals surface area contributed by atoms with E-state index < -0.39 is 0 Å². The molecule has 0 radical (unpaired) electrons. The molecule has 2 bridgehead atoms. The molecule has 1 aromatic rings. The van der Waals surface area contributed by atoms with Crippen LogP contribution in [0.15, 0.2) is 42.5 Å². The number of hydrogen-bond acceptors (Lipinski definition) is 2. The minimum absolute atomic E-state index is 0.0135. The highest BCUT2D eigenvalue weighted by atomic mass is 16.2. The van der Waals surface area contributed by atoms with Crippen LogP contribution in [0, 0.1) is 29.6 Å². The normalized spacial score (nSPS) is 35.5. The maximum absolute atomic E-state index is 12.9. The van der Waals surface area contributed by atoms with Crippen LogP contribution in [0.1, 0.15) is 26.2 Å². The fourth-order valence-electron chi connectivity index (χ4n) is 4.75. The molecule has 114 valence electrons. The number of allylic oxidation sites excluding steroid dienone is 2. The summed E-state index contributed by atoms with van der Waals surface area (Å²) in [6.07, 6.45) is 7.89. The van der Waals surface area contributed by atoms with Crippen molar-refractivity contribution in [2.75, 3.05) is 4.90 Å². The first-order chi connectivity index (χ1) is 10.7. The van der Waals surface area contributed by atoms with Crippen LogP contribution >= 0.6 is 0 Å². The van der Waals surface area contributed by atoms with Gasteiger partial charge in [-0.3, -0.25) is 14.5 Å². The van der Waals surface area contributed by atoms with Gasteiger partial charge >= 0.3 is 0 Å². The number of rotatable bonds is 4. The number of nitrogens with zero attached hydrogens (tertiary/aromatic N) is 1. The van der Waals surface area contributed by atoms with Crippen molar-refractivity contribution >= 4 is 17.5 Å². The van der Waals surface area contributed by atoms with Crippen molar-refractivity contribution in [3.63, 3.8) is 0 Å². The SMILES string of the molecule is CCCCC1[C@H]2C=C[C@@H]1[C@@H]1C(=O)N(c3ccccc3)C(=O)[C@@H]12. The van der Waals surface area contributed by atoms with E-state index in [0.29, 0.717) is 5.92 Å². The molecule has 5 atom stereocenters. The van der Waals surface area contributed by atoms with Gasteiger partial charge in [0.15, 0.2) is 0 Å². The second-order valence-corrected chi connectivity index (χ2v) is 6.74. The predicted molar refractivity (Wildman–Crippen MR) is 85.1 cm³/mol. The minimum Gasteiger partial charge on any atom is -0.274 e. The molecule has 1 unspecified atom stereocenters. The Balaban J connectivity index is 1.64. The van der Waals surface area contributed by atoms with Gasteiger partial charge in [-0.1, -0.05) is 50.1 Å². The number of hydrogen-bond donors (Lipinski definition) is 0. The molecule has 4 rings (SSSR count). The highest BCUT2D eigenvalue weighted by molar-refractivity contribution is 6.22. The zero-order valence-electron chi connectivity index (χ0n) is 12.8. The average Bonchev–Trinajstić information content (AvgIpc) is 3.16. The Hall–Kier alpha value is -1.90. The van der Waals surface area contributed by atoms with Gasteiger partial charge in [-0.15, -0.1) is 0 Å². The van der Waals surface area contributed by atoms with Crippen LogP contribution < -0.4 is 4.90 Å². The van der Waals surface area contributed by atoms with Gasteiger partial charge < -0.3 is 0 Å². The van der Waals surface area contributed by atoms with Crippen LogP contribution in [0.2, 0.25) is 0 Å². The number of carbonyl (C=O) groups is 2. The fourth-order valence-corrected chi connectivity index (χ4v) is 4.75. The minimum atomic E-state index is -0.121. The van der Waals surface area contributed by atoms with Crippen molar-refractivity contribution in [1.29, 1.82) is 0 Å². The Morgan fingerprint density at radius 2 is 1.55 bits per heavy atom. The van der Waals surface area contributed by atoms with Crippen molar-refractivity contribution in [2.45, 2.75) is 26.2 Å². The molecule has 3 nitrogen and oxygen atoms in total. The van der Waals surface area contributed by atoms with Gasteiger partial charge in [-0.2, -0.15) is 0 Å². The van der Waals surface area contributed by atoms with Crippen molar-refractivity contribution in [2.24, 2.45) is 29.6 Å². The number of unbranched alkanes of at least 4 members (excludes halogenated alkanes) is 1. The molecule has 0 N–H and O–H groups in total. The number of carbonyl (C=O) groups excluding carboxylic acids is 2. The molecule has 1 saturated carbocycles. The van der Waals surface area contributed by atoms with Crippen molar-refractivity contribution in [3.05, 3.63) is 42.5 Å². The van der Waals surface area contributed by atoms with E-state index in [1.165, 1.54) is 17.7 Å². The quantitative estimate of drug-likeness (QED) is 0.630. The molecule has 0 spiro atoms. The molecule has 3 heteroatoms. The number of para-hydroxylation sites is 1. The third-order valence-corrected chi connectivity index (χ3v) is 5.68. The summed E-state index contributed by atoms with van der Waals surface area (Å²) in [7, 11) is 0. The number of amides is 2. The Bertz CT molecular complexity index is 604. The van der Waals surface area contributed by atoms with Gasteiger partial charge in [-0.05, 0) is 36.3 Å². The van der Waals surface area contributed by atoms with E-state index in [9.17, 15) is 9.59 Å². The van der Waals surface area contributed by atoms with Crippen LogP contribution in [0.5, 0.6) is 0 Å². The summed E-state index contributed by atoms with van der Waals surface area (Å²) in [5, 5.41) is 0. The van der Waals surface area contributed by atoms with Crippen molar-refractivity contribution in [3.8, 4) is 0 Å². The van der Waals surface area contributed by atoms with Crippen LogP contribution in [-0.2, 0) is 9.59 Å². The Morgan fingerprint density at radius 1 is 0.955 bits per heavy atom. The van der Waals surface area contributed by atoms with Crippen LogP contribution in [0.25, 0.3) is 0 Å². The van der Waals surface area contributed by atoms with Gasteiger partial charge in [0, 0.05) is 0 Å². The molecular formula is C19H21NO2. The zero-order valence-corrected chi connectivity index (χ0v) is 12.8. The maximum Gasteiger partial charge on any atom is 0.238 e. The molecular weight excluding hydrogens is 274 g/mol. The number of anilines is 1. The maximum atomic E-state index is 12.9. The molecule has 2 aliphatic carbocycles. The summed E-state index contributed by atoms with van der Waals surface area (Å²) in [5.41, 5.74) is 0.719. The first-order valence-corrected chi connectivity index (χ1v) is 8.35. The summed E-state index contributed by atoms with van der Waals surface area (Å²) < 4.78 is 0. The second kappa shape index (κ2) is 5.08. The fraction of sp³-hybridized carbons (Fsp3) is 0.474. The lowest BCUT2D eigenvalue weighted by Gasteiger charge is -2.22. The summed E-state index contributed by atoms with van der Waals surface area (Å²) >= 11 is 0. The topological polar surface area (TPSA) is 37.4 Å². The van der Waals surface area contributed by atoms with Crippen LogP contribution in [-0.4, -0.2) is 11.8 Å². The average molecular weight is 295 g/mol. The van der Waals surface area contributed by atoms with Crippen LogP contribution in [0.3, 0.4) is 0 Å². The van der Waals surface area contributed by atoms with E-state index in [1.807, 2.05) is 30.3 Å². The second-order valence-electron chi connectivity index (χ2n) is 6.74. The van der Waals surface area contributed by atoms with E-state index in [-0.39, 0.29) is 35.5 Å². The Kier molecular flexibility index (Phi) is 3.17. The van der Waals surface area contributed by atoms with Gasteiger partial charge in [0.2, 0.25) is 11.8 Å². The molecule has 1 heterocycles. The molecule has 1 aliphatic heterocycles. The number of fused-ring (bicyclic) bond motifs is 5. The Labute approximate surface area is 131 Å². The third kappa shape index (κ3) is 1.74. The van der Waals surface area contributed by atoms with Gasteiger partial charge in [-0.25, -0.2) is 0 Å². The molecule has 1 saturated heterocycles. The zero-order chi connectivity index (χ0) is 15.3. The van der Waals surface area contributed by atoms with E-state index in [2.05, 4.69) is 19.1 Å². The van der Waals surface area contributed by atoms with Gasteiger partial charge in [0.1, 0.15) is 0 Å². The van der Waals surface area contributed by atoms with Gasteiger partial charge in [0.25, 0.3) is 0 Å². The predicted octanol–water partition coefficient (Wildman–Crippen LogP) is 3.41. The number of imide groups is 1. The highest BCUT2D eigenvalue weighted by Gasteiger charge is 2.63. The van der Waals surface area contributed by atoms with E-state index in [1.54, 1.807) is 0 Å². The van der Waals surface area contributed by atoms with E-state index >= 15 is 0 Å². The lowest BCUT2D eigenvalue weighted by atomic mass is 9.85. The largest absolute Gasteiger partial charge is 0.274 e. The lowest BCUT2D eigenvalue weighted by molar-refractivity contribution is -0.123. The Morgan fingerprint density at radius 3 is 2.09 bits per heavy atom. The van der Waals surface area contributed by atoms with Crippen molar-refractivity contribution in [1.82, 2.24) is 0 Å². The monoisotopic (exact) mass is 295 g/mol. The molecule has 0 aromatic heterocycles. The van der Waals surface area contributed by atoms with Crippen LogP contribution in [0.4, 0.5) is 5.69 Å². The smallest absolute Gasteiger partial charge is 0.238 e. The van der Waals surface area contributed by atoms with E-state index in [0.717, 1.165) is 12.1 Å². The molecule has 2 amide bonds.